The molecule has 0 fully saturated rings. The molecular weight excluding hydrogens is 208 g/mol. The largest absolute Gasteiger partial charge is 0.471 e. The number of hydrogen-bond acceptors (Lipinski definition) is 2. The zero-order valence-electron chi connectivity index (χ0n) is 5.90. The number of rotatable bonds is 2. The maximum absolute atomic E-state index is 7.11. The van der Waals surface area contributed by atoms with Crippen molar-refractivity contribution in [3.8, 4) is 0 Å². The Morgan fingerprint density at radius 1 is 1.64 bits per heavy atom. The molecule has 1 atom stereocenters. The van der Waals surface area contributed by atoms with E-state index in [4.69, 9.17) is 44.9 Å². The SMILES string of the molecule is C=C[C@H](C)OC(=N)C(Cl)(Cl)Cl. The molecular formula is C6H8Cl3NO. The highest BCUT2D eigenvalue weighted by Gasteiger charge is 2.29. The van der Waals surface area contributed by atoms with Crippen molar-refractivity contribution in [2.45, 2.75) is 16.8 Å². The summed E-state index contributed by atoms with van der Waals surface area (Å²) in [4.78, 5) is 0. The predicted molar refractivity (Wildman–Crippen MR) is 48.8 cm³/mol. The van der Waals surface area contributed by atoms with Crippen LogP contribution in [0.5, 0.6) is 0 Å². The summed E-state index contributed by atoms with van der Waals surface area (Å²) >= 11 is 16.0. The molecule has 0 radical (unpaired) electrons. The van der Waals surface area contributed by atoms with Crippen molar-refractivity contribution in [1.29, 1.82) is 5.41 Å². The van der Waals surface area contributed by atoms with Gasteiger partial charge in [-0.15, -0.1) is 0 Å². The molecule has 0 heterocycles. The van der Waals surface area contributed by atoms with E-state index >= 15 is 0 Å². The van der Waals surface area contributed by atoms with E-state index < -0.39 is 9.69 Å². The zero-order chi connectivity index (χ0) is 9.07. The van der Waals surface area contributed by atoms with Gasteiger partial charge in [-0.3, -0.25) is 5.41 Å². The lowest BCUT2D eigenvalue weighted by Crippen LogP contribution is -2.24. The van der Waals surface area contributed by atoms with Crippen LogP contribution in [0.4, 0.5) is 0 Å². The number of halogens is 3. The summed E-state index contributed by atoms with van der Waals surface area (Å²) in [5.41, 5.74) is 0. The Morgan fingerprint density at radius 2 is 2.09 bits per heavy atom. The third-order valence-electron chi connectivity index (χ3n) is 0.893. The fourth-order valence-corrected chi connectivity index (χ4v) is 0.434. The van der Waals surface area contributed by atoms with E-state index in [1.807, 2.05) is 0 Å². The van der Waals surface area contributed by atoms with Crippen molar-refractivity contribution in [3.63, 3.8) is 0 Å². The van der Waals surface area contributed by atoms with Crippen LogP contribution >= 0.6 is 34.8 Å². The molecule has 0 aliphatic carbocycles. The molecule has 1 N–H and O–H groups in total. The lowest BCUT2D eigenvalue weighted by Gasteiger charge is -2.16. The van der Waals surface area contributed by atoms with Gasteiger partial charge in [0.2, 0.25) is 5.90 Å². The monoisotopic (exact) mass is 215 g/mol. The maximum atomic E-state index is 7.11. The van der Waals surface area contributed by atoms with Gasteiger partial charge in [-0.05, 0) is 6.92 Å². The third-order valence-corrected chi connectivity index (χ3v) is 1.41. The Kier molecular flexibility index (Phi) is 4.22. The van der Waals surface area contributed by atoms with Gasteiger partial charge in [0.1, 0.15) is 6.10 Å². The smallest absolute Gasteiger partial charge is 0.265 e. The fraction of sp³-hybridized carbons (Fsp3) is 0.500. The second-order valence-electron chi connectivity index (χ2n) is 1.89. The number of alkyl halides is 3. The molecule has 2 nitrogen and oxygen atoms in total. The van der Waals surface area contributed by atoms with E-state index in [1.165, 1.54) is 6.08 Å². The molecule has 0 saturated carbocycles. The van der Waals surface area contributed by atoms with Gasteiger partial charge in [-0.2, -0.15) is 0 Å². The Balaban J connectivity index is 3.98. The first-order valence-electron chi connectivity index (χ1n) is 2.83. The first-order valence-corrected chi connectivity index (χ1v) is 3.96. The van der Waals surface area contributed by atoms with Crippen molar-refractivity contribution in [2.75, 3.05) is 0 Å². The van der Waals surface area contributed by atoms with E-state index in [2.05, 4.69) is 6.58 Å². The minimum Gasteiger partial charge on any atom is -0.471 e. The Bertz CT molecular complexity index is 164. The molecule has 0 bridgehead atoms. The highest BCUT2D eigenvalue weighted by atomic mass is 35.6. The van der Waals surface area contributed by atoms with Crippen LogP contribution in [0.1, 0.15) is 6.92 Å². The van der Waals surface area contributed by atoms with Crippen LogP contribution in [0.15, 0.2) is 12.7 Å². The third kappa shape index (κ3) is 4.51. The van der Waals surface area contributed by atoms with Gasteiger partial charge in [-0.25, -0.2) is 0 Å². The van der Waals surface area contributed by atoms with Crippen LogP contribution in [0.25, 0.3) is 0 Å². The average Bonchev–Trinajstić information content (AvgIpc) is 1.85. The summed E-state index contributed by atoms with van der Waals surface area (Å²) in [5, 5.41) is 7.11. The van der Waals surface area contributed by atoms with Crippen LogP contribution in [-0.2, 0) is 4.74 Å². The maximum Gasteiger partial charge on any atom is 0.265 e. The van der Waals surface area contributed by atoms with E-state index in [-0.39, 0.29) is 6.10 Å². The molecule has 0 aromatic heterocycles. The summed E-state index contributed by atoms with van der Waals surface area (Å²) in [6.07, 6.45) is 1.18. The molecule has 0 aromatic carbocycles. The number of nitrogens with one attached hydrogen (secondary N) is 1. The summed E-state index contributed by atoms with van der Waals surface area (Å²) in [6, 6.07) is 0. The second-order valence-corrected chi connectivity index (χ2v) is 4.17. The van der Waals surface area contributed by atoms with Crippen molar-refractivity contribution < 1.29 is 4.74 Å². The summed E-state index contributed by atoms with van der Waals surface area (Å²) in [5.74, 6) is -0.394. The Labute approximate surface area is 80.6 Å². The van der Waals surface area contributed by atoms with Crippen LogP contribution in [0.2, 0.25) is 0 Å². The first kappa shape index (κ1) is 11.1. The minimum absolute atomic E-state index is 0.321. The van der Waals surface area contributed by atoms with Crippen molar-refractivity contribution in [3.05, 3.63) is 12.7 Å². The molecule has 0 aliphatic heterocycles. The van der Waals surface area contributed by atoms with Crippen LogP contribution in [-0.4, -0.2) is 15.8 Å². The molecule has 0 amide bonds. The van der Waals surface area contributed by atoms with Crippen molar-refractivity contribution in [2.24, 2.45) is 0 Å². The number of hydrogen-bond donors (Lipinski definition) is 1. The highest BCUT2D eigenvalue weighted by Crippen LogP contribution is 2.28. The summed E-state index contributed by atoms with van der Waals surface area (Å²) in [6.45, 7) is 5.14. The molecule has 0 aromatic rings. The molecule has 0 unspecified atom stereocenters. The molecule has 0 saturated heterocycles. The van der Waals surface area contributed by atoms with Gasteiger partial charge in [-0.1, -0.05) is 47.5 Å². The molecule has 64 valence electrons. The molecule has 11 heavy (non-hydrogen) atoms. The highest BCUT2D eigenvalue weighted by molar-refractivity contribution is 6.76. The molecule has 5 heteroatoms. The topological polar surface area (TPSA) is 33.1 Å². The first-order chi connectivity index (χ1) is 4.88. The number of ether oxygens (including phenoxy) is 1. The summed E-state index contributed by atoms with van der Waals surface area (Å²) < 4.78 is 3.05. The van der Waals surface area contributed by atoms with Gasteiger partial charge < -0.3 is 4.74 Å². The lowest BCUT2D eigenvalue weighted by atomic mass is 10.4. The molecule has 0 aliphatic rings. The fourth-order valence-electron chi connectivity index (χ4n) is 0.301. The van der Waals surface area contributed by atoms with Crippen molar-refractivity contribution in [1.82, 2.24) is 0 Å². The standard InChI is InChI=1S/C6H8Cl3NO/c1-3-4(2)11-5(10)6(7,8)9/h3-4,10H,1H2,2H3/t4-/m0/s1. The molecule has 0 spiro atoms. The van der Waals surface area contributed by atoms with Gasteiger partial charge in [0.05, 0.1) is 0 Å². The second kappa shape index (κ2) is 4.19. The predicted octanol–water partition coefficient (Wildman–Crippen LogP) is 2.92. The Morgan fingerprint density at radius 3 is 2.36 bits per heavy atom. The quantitative estimate of drug-likeness (QED) is 0.327. The average molecular weight is 216 g/mol. The van der Waals surface area contributed by atoms with Gasteiger partial charge in [0.25, 0.3) is 3.79 Å². The van der Waals surface area contributed by atoms with E-state index in [0.717, 1.165) is 0 Å². The zero-order valence-corrected chi connectivity index (χ0v) is 8.17. The van der Waals surface area contributed by atoms with Crippen LogP contribution < -0.4 is 0 Å². The lowest BCUT2D eigenvalue weighted by molar-refractivity contribution is 0.249. The van der Waals surface area contributed by atoms with E-state index in [9.17, 15) is 0 Å². The van der Waals surface area contributed by atoms with E-state index in [1.54, 1.807) is 6.92 Å². The van der Waals surface area contributed by atoms with Gasteiger partial charge >= 0.3 is 0 Å². The van der Waals surface area contributed by atoms with Crippen molar-refractivity contribution >= 4 is 40.7 Å². The Hall–Kier alpha value is 0.0800. The van der Waals surface area contributed by atoms with Gasteiger partial charge in [0.15, 0.2) is 0 Å². The van der Waals surface area contributed by atoms with Gasteiger partial charge in [0, 0.05) is 0 Å². The normalized spacial score (nSPS) is 13.8. The summed E-state index contributed by atoms with van der Waals surface area (Å²) in [7, 11) is 0. The van der Waals surface area contributed by atoms with Crippen LogP contribution in [0, 0.1) is 5.41 Å². The van der Waals surface area contributed by atoms with E-state index in [0.29, 0.717) is 0 Å². The molecule has 0 rings (SSSR count). The minimum atomic E-state index is -1.78. The van der Waals surface area contributed by atoms with Crippen LogP contribution in [0.3, 0.4) is 0 Å².